The number of thiophene rings is 1. The Morgan fingerprint density at radius 3 is 2.82 bits per heavy atom. The van der Waals surface area contributed by atoms with Gasteiger partial charge in [-0.25, -0.2) is 4.39 Å². The molecule has 7 heteroatoms. The first-order valence-electron chi connectivity index (χ1n) is 6.80. The molecule has 0 fully saturated rings. The molecule has 0 aliphatic rings. The summed E-state index contributed by atoms with van der Waals surface area (Å²) < 4.78 is 19.1. The monoisotopic (exact) mass is 346 g/mol. The number of amides is 1. The fraction of sp³-hybridized carbons (Fsp3) is 0.400. The average molecular weight is 347 g/mol. The summed E-state index contributed by atoms with van der Waals surface area (Å²) in [4.78, 5) is 12.8. The molecule has 122 valence electrons. The number of ether oxygens (including phenoxy) is 1. The standard InChI is InChI=1S/C15H19FN2O2S.ClH/c1-10-12-9-11(16)3-4-13(12)21-14(10)15(19)18-6-5-17-7-8-20-2;/h3-4,9,17H,5-8H2,1-2H3,(H,18,19);1H. The van der Waals surface area contributed by atoms with E-state index in [0.717, 1.165) is 22.2 Å². The maximum absolute atomic E-state index is 13.3. The van der Waals surface area contributed by atoms with Crippen molar-refractivity contribution in [1.29, 1.82) is 0 Å². The summed E-state index contributed by atoms with van der Waals surface area (Å²) >= 11 is 1.39. The van der Waals surface area contributed by atoms with Crippen LogP contribution in [-0.2, 0) is 4.74 Å². The highest BCUT2D eigenvalue weighted by Gasteiger charge is 2.15. The highest BCUT2D eigenvalue weighted by Crippen LogP contribution is 2.31. The van der Waals surface area contributed by atoms with Gasteiger partial charge in [-0.3, -0.25) is 4.79 Å². The van der Waals surface area contributed by atoms with Crippen molar-refractivity contribution in [3.8, 4) is 0 Å². The highest BCUT2D eigenvalue weighted by atomic mass is 35.5. The van der Waals surface area contributed by atoms with Gasteiger partial charge in [0.2, 0.25) is 0 Å². The van der Waals surface area contributed by atoms with E-state index in [0.29, 0.717) is 24.6 Å². The van der Waals surface area contributed by atoms with Crippen molar-refractivity contribution in [3.63, 3.8) is 0 Å². The SMILES string of the molecule is COCCNCCNC(=O)c1sc2ccc(F)cc2c1C.Cl. The molecule has 0 aliphatic heterocycles. The van der Waals surface area contributed by atoms with Crippen LogP contribution in [0.5, 0.6) is 0 Å². The van der Waals surface area contributed by atoms with Gasteiger partial charge in [-0.15, -0.1) is 23.7 Å². The van der Waals surface area contributed by atoms with Crippen molar-refractivity contribution >= 4 is 39.7 Å². The molecule has 0 saturated carbocycles. The minimum Gasteiger partial charge on any atom is -0.383 e. The van der Waals surface area contributed by atoms with Gasteiger partial charge in [-0.1, -0.05) is 0 Å². The molecule has 0 spiro atoms. The van der Waals surface area contributed by atoms with Gasteiger partial charge >= 0.3 is 0 Å². The Hall–Kier alpha value is -1.21. The van der Waals surface area contributed by atoms with Crippen LogP contribution in [0.25, 0.3) is 10.1 Å². The Morgan fingerprint density at radius 2 is 2.09 bits per heavy atom. The minimum atomic E-state index is -0.280. The van der Waals surface area contributed by atoms with E-state index < -0.39 is 0 Å². The summed E-state index contributed by atoms with van der Waals surface area (Å²) in [6.45, 7) is 4.49. The number of carbonyl (C=O) groups excluding carboxylic acids is 1. The highest BCUT2D eigenvalue weighted by molar-refractivity contribution is 7.21. The minimum absolute atomic E-state index is 0. The van der Waals surface area contributed by atoms with Crippen molar-refractivity contribution in [1.82, 2.24) is 10.6 Å². The molecule has 1 heterocycles. The molecule has 2 rings (SSSR count). The van der Waals surface area contributed by atoms with E-state index in [1.165, 1.54) is 23.5 Å². The van der Waals surface area contributed by atoms with Gasteiger partial charge in [-0.05, 0) is 36.1 Å². The summed E-state index contributed by atoms with van der Waals surface area (Å²) in [6.07, 6.45) is 0. The number of hydrogen-bond acceptors (Lipinski definition) is 4. The summed E-state index contributed by atoms with van der Waals surface area (Å²) in [5.41, 5.74) is 0.833. The second-order valence-corrected chi connectivity index (χ2v) is 5.75. The Labute approximate surface area is 139 Å². The van der Waals surface area contributed by atoms with Gasteiger partial charge in [0.25, 0.3) is 5.91 Å². The van der Waals surface area contributed by atoms with Crippen LogP contribution >= 0.6 is 23.7 Å². The molecule has 2 N–H and O–H groups in total. The second kappa shape index (κ2) is 9.05. The lowest BCUT2D eigenvalue weighted by Crippen LogP contribution is -2.32. The van der Waals surface area contributed by atoms with Gasteiger partial charge in [0.15, 0.2) is 0 Å². The molecule has 0 aliphatic carbocycles. The van der Waals surface area contributed by atoms with E-state index in [-0.39, 0.29) is 24.1 Å². The maximum atomic E-state index is 13.3. The number of aryl methyl sites for hydroxylation is 1. The van der Waals surface area contributed by atoms with Gasteiger partial charge in [0.05, 0.1) is 11.5 Å². The number of methoxy groups -OCH3 is 1. The zero-order valence-corrected chi connectivity index (χ0v) is 14.2. The second-order valence-electron chi connectivity index (χ2n) is 4.70. The Bertz CT molecular complexity index is 633. The van der Waals surface area contributed by atoms with Gasteiger partial charge in [-0.2, -0.15) is 0 Å². The predicted octanol–water partition coefficient (Wildman–Crippen LogP) is 2.74. The number of nitrogens with one attached hydrogen (secondary N) is 2. The maximum Gasteiger partial charge on any atom is 0.261 e. The van der Waals surface area contributed by atoms with Crippen molar-refractivity contribution in [2.45, 2.75) is 6.92 Å². The largest absolute Gasteiger partial charge is 0.383 e. The summed E-state index contributed by atoms with van der Waals surface area (Å²) in [6, 6.07) is 4.61. The van der Waals surface area contributed by atoms with Crippen molar-refractivity contribution in [2.75, 3.05) is 33.4 Å². The molecule has 1 amide bonds. The molecule has 0 atom stereocenters. The van der Waals surface area contributed by atoms with E-state index in [1.54, 1.807) is 13.2 Å². The lowest BCUT2D eigenvalue weighted by atomic mass is 10.1. The molecule has 0 unspecified atom stereocenters. The van der Waals surface area contributed by atoms with Crippen molar-refractivity contribution in [3.05, 3.63) is 34.5 Å². The third-order valence-electron chi connectivity index (χ3n) is 3.17. The Kier molecular flexibility index (Phi) is 7.75. The van der Waals surface area contributed by atoms with Crippen LogP contribution in [0.3, 0.4) is 0 Å². The van der Waals surface area contributed by atoms with Crippen LogP contribution in [0.4, 0.5) is 4.39 Å². The van der Waals surface area contributed by atoms with Crippen LogP contribution < -0.4 is 10.6 Å². The first kappa shape index (κ1) is 18.8. The number of fused-ring (bicyclic) bond motifs is 1. The molecule has 22 heavy (non-hydrogen) atoms. The van der Waals surface area contributed by atoms with Crippen LogP contribution in [-0.4, -0.2) is 39.3 Å². The third-order valence-corrected chi connectivity index (χ3v) is 4.45. The molecular weight excluding hydrogens is 327 g/mol. The van der Waals surface area contributed by atoms with Gasteiger partial charge in [0, 0.05) is 31.4 Å². The first-order chi connectivity index (χ1) is 10.1. The predicted molar refractivity (Wildman–Crippen MR) is 90.8 cm³/mol. The van der Waals surface area contributed by atoms with E-state index in [4.69, 9.17) is 4.74 Å². The topological polar surface area (TPSA) is 50.4 Å². The molecule has 4 nitrogen and oxygen atoms in total. The summed E-state index contributed by atoms with van der Waals surface area (Å²) in [7, 11) is 1.65. The Balaban J connectivity index is 0.00000242. The van der Waals surface area contributed by atoms with Crippen LogP contribution in [0.1, 0.15) is 15.2 Å². The van der Waals surface area contributed by atoms with Crippen LogP contribution in [0.15, 0.2) is 18.2 Å². The van der Waals surface area contributed by atoms with Crippen molar-refractivity contribution in [2.24, 2.45) is 0 Å². The fourth-order valence-electron chi connectivity index (χ4n) is 2.05. The number of halogens is 2. The molecule has 0 radical (unpaired) electrons. The van der Waals surface area contributed by atoms with E-state index in [1.807, 2.05) is 6.92 Å². The lowest BCUT2D eigenvalue weighted by molar-refractivity contribution is 0.0957. The van der Waals surface area contributed by atoms with Crippen LogP contribution in [0.2, 0.25) is 0 Å². The fourth-order valence-corrected chi connectivity index (χ4v) is 3.16. The molecule has 1 aromatic carbocycles. The van der Waals surface area contributed by atoms with Gasteiger partial charge in [0.1, 0.15) is 5.82 Å². The average Bonchev–Trinajstić information content (AvgIpc) is 2.79. The van der Waals surface area contributed by atoms with Crippen molar-refractivity contribution < 1.29 is 13.9 Å². The molecule has 2 aromatic rings. The van der Waals surface area contributed by atoms with Crippen LogP contribution in [0, 0.1) is 12.7 Å². The summed E-state index contributed by atoms with van der Waals surface area (Å²) in [5, 5.41) is 6.83. The smallest absolute Gasteiger partial charge is 0.261 e. The number of hydrogen-bond donors (Lipinski definition) is 2. The molecule has 0 saturated heterocycles. The van der Waals surface area contributed by atoms with Gasteiger partial charge < -0.3 is 15.4 Å². The molecule has 1 aromatic heterocycles. The van der Waals surface area contributed by atoms with E-state index in [9.17, 15) is 9.18 Å². The number of benzene rings is 1. The zero-order valence-electron chi connectivity index (χ0n) is 12.6. The van der Waals surface area contributed by atoms with E-state index >= 15 is 0 Å². The summed E-state index contributed by atoms with van der Waals surface area (Å²) in [5.74, 6) is -0.389. The Morgan fingerprint density at radius 1 is 1.32 bits per heavy atom. The third kappa shape index (κ3) is 4.64. The number of carbonyl (C=O) groups is 1. The molecule has 0 bridgehead atoms. The first-order valence-corrected chi connectivity index (χ1v) is 7.61. The quantitative estimate of drug-likeness (QED) is 0.758. The lowest BCUT2D eigenvalue weighted by Gasteiger charge is -2.06. The zero-order chi connectivity index (χ0) is 15.2. The van der Waals surface area contributed by atoms with E-state index in [2.05, 4.69) is 10.6 Å². The number of rotatable bonds is 7. The molecular formula is C15H20ClFN2O2S. The normalized spacial score (nSPS) is 10.5.